The molecule has 0 amide bonds. The van der Waals surface area contributed by atoms with Crippen molar-refractivity contribution in [2.24, 2.45) is 0 Å². The number of hydrogen-bond acceptors (Lipinski definition) is 5. The fourth-order valence-electron chi connectivity index (χ4n) is 2.86. The van der Waals surface area contributed by atoms with Crippen LogP contribution >= 0.6 is 0 Å². The van der Waals surface area contributed by atoms with E-state index in [-0.39, 0.29) is 30.0 Å². The maximum absolute atomic E-state index is 13.3. The summed E-state index contributed by atoms with van der Waals surface area (Å²) in [6, 6.07) is 2.22. The Morgan fingerprint density at radius 2 is 1.78 bits per heavy atom. The molecule has 126 valence electrons. The minimum absolute atomic E-state index is 0.186. The number of piperazine rings is 1. The van der Waals surface area contributed by atoms with Gasteiger partial charge in [-0.3, -0.25) is 9.69 Å². The third-order valence-electron chi connectivity index (χ3n) is 4.15. The predicted molar refractivity (Wildman–Crippen MR) is 76.1 cm³/mol. The molecule has 1 aromatic carbocycles. The summed E-state index contributed by atoms with van der Waals surface area (Å²) in [6.45, 7) is 1.54. The molecule has 2 aliphatic heterocycles. The maximum Gasteiger partial charge on any atom is 0.323 e. The smallest absolute Gasteiger partial charge is 0.323 e. The van der Waals surface area contributed by atoms with Crippen molar-refractivity contribution in [3.05, 3.63) is 29.8 Å². The van der Waals surface area contributed by atoms with Gasteiger partial charge in [0.1, 0.15) is 6.04 Å². The maximum atomic E-state index is 13.3. The van der Waals surface area contributed by atoms with E-state index < -0.39 is 21.7 Å². The zero-order valence-electron chi connectivity index (χ0n) is 12.2. The van der Waals surface area contributed by atoms with E-state index in [1.54, 1.807) is 0 Å². The first-order valence-corrected chi connectivity index (χ1v) is 8.69. The molecule has 2 fully saturated rings. The van der Waals surface area contributed by atoms with Gasteiger partial charge in [0.2, 0.25) is 10.0 Å². The Balaban J connectivity index is 1.71. The van der Waals surface area contributed by atoms with Crippen LogP contribution < -0.4 is 0 Å². The number of cyclic esters (lactones) is 1. The van der Waals surface area contributed by atoms with E-state index in [1.807, 2.05) is 4.90 Å². The molecule has 0 unspecified atom stereocenters. The summed E-state index contributed by atoms with van der Waals surface area (Å²) in [6.07, 6.45) is 0.606. The Morgan fingerprint density at radius 1 is 1.09 bits per heavy atom. The van der Waals surface area contributed by atoms with Gasteiger partial charge in [-0.15, -0.1) is 0 Å². The van der Waals surface area contributed by atoms with E-state index in [0.29, 0.717) is 32.2 Å². The molecule has 2 aliphatic rings. The molecule has 3 rings (SSSR count). The van der Waals surface area contributed by atoms with Gasteiger partial charge >= 0.3 is 5.97 Å². The number of benzene rings is 1. The van der Waals surface area contributed by atoms with E-state index in [2.05, 4.69) is 0 Å². The molecule has 0 spiro atoms. The van der Waals surface area contributed by atoms with Crippen molar-refractivity contribution in [2.45, 2.75) is 17.4 Å². The van der Waals surface area contributed by atoms with E-state index >= 15 is 0 Å². The molecule has 0 radical (unpaired) electrons. The van der Waals surface area contributed by atoms with E-state index in [4.69, 9.17) is 4.74 Å². The first kappa shape index (κ1) is 16.3. The summed E-state index contributed by atoms with van der Waals surface area (Å²) in [5.41, 5.74) is 0. The lowest BCUT2D eigenvalue weighted by Gasteiger charge is -2.35. The van der Waals surface area contributed by atoms with Crippen LogP contribution in [0.2, 0.25) is 0 Å². The zero-order chi connectivity index (χ0) is 16.6. The summed E-state index contributed by atoms with van der Waals surface area (Å²) in [5.74, 6) is -2.56. The highest BCUT2D eigenvalue weighted by Crippen LogP contribution is 2.22. The average molecular weight is 346 g/mol. The van der Waals surface area contributed by atoms with Crippen molar-refractivity contribution in [3.8, 4) is 0 Å². The van der Waals surface area contributed by atoms with Gasteiger partial charge in [0, 0.05) is 32.6 Å². The summed E-state index contributed by atoms with van der Waals surface area (Å²) in [4.78, 5) is 13.2. The summed E-state index contributed by atoms with van der Waals surface area (Å²) in [5, 5.41) is 0. The fourth-order valence-corrected chi connectivity index (χ4v) is 4.29. The van der Waals surface area contributed by atoms with E-state index in [9.17, 15) is 22.0 Å². The fraction of sp³-hybridized carbons (Fsp3) is 0.500. The summed E-state index contributed by atoms with van der Waals surface area (Å²) >= 11 is 0. The van der Waals surface area contributed by atoms with Gasteiger partial charge in [-0.2, -0.15) is 4.31 Å². The lowest BCUT2D eigenvalue weighted by Crippen LogP contribution is -2.52. The Bertz CT molecular complexity index is 717. The Hall–Kier alpha value is -1.58. The monoisotopic (exact) mass is 346 g/mol. The first-order chi connectivity index (χ1) is 10.9. The van der Waals surface area contributed by atoms with Gasteiger partial charge in [0.15, 0.2) is 11.6 Å². The normalized spacial score (nSPS) is 23.9. The second kappa shape index (κ2) is 6.14. The van der Waals surface area contributed by atoms with Crippen LogP contribution in [0.5, 0.6) is 0 Å². The summed E-state index contributed by atoms with van der Waals surface area (Å²) in [7, 11) is -3.88. The number of sulfonamides is 1. The van der Waals surface area contributed by atoms with Crippen LogP contribution in [0, 0.1) is 11.6 Å². The average Bonchev–Trinajstić information content (AvgIpc) is 2.96. The van der Waals surface area contributed by atoms with Crippen LogP contribution in [0.4, 0.5) is 8.78 Å². The number of ether oxygens (including phenoxy) is 1. The Kier molecular flexibility index (Phi) is 4.35. The van der Waals surface area contributed by atoms with Crippen LogP contribution in [-0.2, 0) is 19.6 Å². The van der Waals surface area contributed by atoms with Crippen LogP contribution in [0.25, 0.3) is 0 Å². The first-order valence-electron chi connectivity index (χ1n) is 7.25. The third kappa shape index (κ3) is 3.08. The predicted octanol–water partition coefficient (Wildman–Crippen LogP) is 0.587. The van der Waals surface area contributed by atoms with Gasteiger partial charge in [0.05, 0.1) is 11.5 Å². The van der Waals surface area contributed by atoms with Crippen molar-refractivity contribution in [1.29, 1.82) is 0 Å². The second-order valence-corrected chi connectivity index (χ2v) is 7.43. The number of nitrogens with zero attached hydrogens (tertiary/aromatic N) is 2. The minimum atomic E-state index is -3.88. The lowest BCUT2D eigenvalue weighted by atomic mass is 10.2. The minimum Gasteiger partial charge on any atom is -0.464 e. The standard InChI is InChI=1S/C14H16F2N2O4S/c15-11-2-1-10(9-12(11)16)23(20,21)18-6-4-17(5-7-18)13-3-8-22-14(13)19/h1-2,9,13H,3-8H2/t13-/m0/s1. The highest BCUT2D eigenvalue weighted by Gasteiger charge is 2.36. The zero-order valence-corrected chi connectivity index (χ0v) is 13.1. The number of carbonyl (C=O) groups is 1. The number of hydrogen-bond donors (Lipinski definition) is 0. The molecule has 0 aliphatic carbocycles. The molecule has 23 heavy (non-hydrogen) atoms. The highest BCUT2D eigenvalue weighted by atomic mass is 32.2. The molecular formula is C14H16F2N2O4S. The van der Waals surface area contributed by atoms with Crippen LogP contribution in [0.1, 0.15) is 6.42 Å². The molecule has 0 N–H and O–H groups in total. The Labute approximate surface area is 132 Å². The van der Waals surface area contributed by atoms with Crippen molar-refractivity contribution in [1.82, 2.24) is 9.21 Å². The molecule has 2 saturated heterocycles. The van der Waals surface area contributed by atoms with E-state index in [0.717, 1.165) is 12.1 Å². The van der Waals surface area contributed by atoms with Crippen molar-refractivity contribution in [2.75, 3.05) is 32.8 Å². The molecule has 6 nitrogen and oxygen atoms in total. The van der Waals surface area contributed by atoms with Gasteiger partial charge in [-0.25, -0.2) is 17.2 Å². The SMILES string of the molecule is O=C1OCC[C@@H]1N1CCN(S(=O)(=O)c2ccc(F)c(F)c2)CC1. The quantitative estimate of drug-likeness (QED) is 0.750. The molecular weight excluding hydrogens is 330 g/mol. The van der Waals surface area contributed by atoms with Gasteiger partial charge in [-0.05, 0) is 18.2 Å². The molecule has 0 bridgehead atoms. The highest BCUT2D eigenvalue weighted by molar-refractivity contribution is 7.89. The second-order valence-electron chi connectivity index (χ2n) is 5.49. The molecule has 1 atom stereocenters. The number of esters is 1. The van der Waals surface area contributed by atoms with Crippen molar-refractivity contribution >= 4 is 16.0 Å². The van der Waals surface area contributed by atoms with Crippen LogP contribution in [0.3, 0.4) is 0 Å². The molecule has 1 aromatic rings. The van der Waals surface area contributed by atoms with Crippen molar-refractivity contribution < 1.29 is 26.7 Å². The molecule has 9 heteroatoms. The summed E-state index contributed by atoms with van der Waals surface area (Å²) < 4.78 is 57.3. The van der Waals surface area contributed by atoms with Gasteiger partial charge < -0.3 is 4.74 Å². The largest absolute Gasteiger partial charge is 0.464 e. The lowest BCUT2D eigenvalue weighted by molar-refractivity contribution is -0.142. The topological polar surface area (TPSA) is 66.9 Å². The molecule has 0 saturated carbocycles. The molecule has 0 aromatic heterocycles. The van der Waals surface area contributed by atoms with Gasteiger partial charge in [-0.1, -0.05) is 0 Å². The van der Waals surface area contributed by atoms with E-state index in [1.165, 1.54) is 4.31 Å². The number of rotatable bonds is 3. The Morgan fingerprint density at radius 3 is 2.35 bits per heavy atom. The third-order valence-corrected chi connectivity index (χ3v) is 6.05. The number of halogens is 2. The number of carbonyl (C=O) groups excluding carboxylic acids is 1. The van der Waals surface area contributed by atoms with Crippen LogP contribution in [-0.4, -0.2) is 62.4 Å². The van der Waals surface area contributed by atoms with Gasteiger partial charge in [0.25, 0.3) is 0 Å². The van der Waals surface area contributed by atoms with Crippen LogP contribution in [0.15, 0.2) is 23.1 Å². The molecule has 2 heterocycles. The van der Waals surface area contributed by atoms with Crippen molar-refractivity contribution in [3.63, 3.8) is 0 Å².